The molecule has 2 amide bonds. The van der Waals surface area contributed by atoms with Gasteiger partial charge in [0.15, 0.2) is 5.13 Å². The van der Waals surface area contributed by atoms with Gasteiger partial charge in [-0.2, -0.15) is 0 Å². The zero-order chi connectivity index (χ0) is 18.7. The normalized spacial score (nSPS) is 13.2. The maximum Gasteiger partial charge on any atom is 0.262 e. The number of hydrogen-bond acceptors (Lipinski definition) is 6. The first-order chi connectivity index (χ1) is 12.5. The van der Waals surface area contributed by atoms with Crippen molar-refractivity contribution >= 4 is 28.3 Å². The Labute approximate surface area is 155 Å². The Hall–Kier alpha value is -2.61. The minimum absolute atomic E-state index is 0.0384. The highest BCUT2D eigenvalue weighted by Crippen LogP contribution is 2.34. The van der Waals surface area contributed by atoms with Crippen molar-refractivity contribution in [3.63, 3.8) is 0 Å². The second kappa shape index (κ2) is 7.74. The van der Waals surface area contributed by atoms with Crippen LogP contribution in [0.1, 0.15) is 28.1 Å². The molecule has 8 heteroatoms. The molecule has 1 saturated carbocycles. The van der Waals surface area contributed by atoms with E-state index in [4.69, 9.17) is 9.47 Å². The average molecular weight is 375 g/mol. The third-order valence-electron chi connectivity index (χ3n) is 4.07. The smallest absolute Gasteiger partial charge is 0.262 e. The van der Waals surface area contributed by atoms with Crippen LogP contribution in [0, 0.1) is 6.92 Å². The van der Waals surface area contributed by atoms with E-state index in [1.807, 2.05) is 6.92 Å². The molecule has 1 heterocycles. The number of hydrogen-bond donors (Lipinski definition) is 1. The number of nitrogens with zero attached hydrogens (tertiary/aromatic N) is 2. The highest BCUT2D eigenvalue weighted by atomic mass is 32.1. The van der Waals surface area contributed by atoms with E-state index >= 15 is 0 Å². The van der Waals surface area contributed by atoms with E-state index in [1.54, 1.807) is 29.3 Å². The van der Waals surface area contributed by atoms with Gasteiger partial charge in [0.2, 0.25) is 5.91 Å². The third kappa shape index (κ3) is 3.96. The second-order valence-corrected chi connectivity index (χ2v) is 7.26. The van der Waals surface area contributed by atoms with Gasteiger partial charge in [-0.15, -0.1) is 11.3 Å². The molecule has 0 bridgehead atoms. The molecular weight excluding hydrogens is 354 g/mol. The lowest BCUT2D eigenvalue weighted by atomic mass is 10.1. The molecular formula is C18H21N3O4S. The SMILES string of the molecule is COc1cccc(OC)c1C(=O)N(CC(=O)Nc1ncc(C)s1)C1CC1. The Balaban J connectivity index is 1.80. The first kappa shape index (κ1) is 18.2. The van der Waals surface area contributed by atoms with Crippen molar-refractivity contribution in [3.05, 3.63) is 34.8 Å². The van der Waals surface area contributed by atoms with E-state index in [1.165, 1.54) is 25.6 Å². The molecule has 3 rings (SSSR count). The molecule has 1 aliphatic rings. The van der Waals surface area contributed by atoms with Crippen LogP contribution in [0.4, 0.5) is 5.13 Å². The van der Waals surface area contributed by atoms with E-state index in [0.29, 0.717) is 22.2 Å². The number of rotatable bonds is 7. The topological polar surface area (TPSA) is 80.8 Å². The molecule has 1 fully saturated rings. The quantitative estimate of drug-likeness (QED) is 0.805. The summed E-state index contributed by atoms with van der Waals surface area (Å²) in [4.78, 5) is 32.3. The first-order valence-electron chi connectivity index (χ1n) is 8.27. The maximum absolute atomic E-state index is 13.2. The minimum Gasteiger partial charge on any atom is -0.496 e. The lowest BCUT2D eigenvalue weighted by Gasteiger charge is -2.23. The summed E-state index contributed by atoms with van der Waals surface area (Å²) in [5.41, 5.74) is 0.335. The van der Waals surface area contributed by atoms with Gasteiger partial charge in [0.05, 0.1) is 14.2 Å². The van der Waals surface area contributed by atoms with Crippen molar-refractivity contribution in [1.82, 2.24) is 9.88 Å². The third-order valence-corrected chi connectivity index (χ3v) is 4.90. The zero-order valence-corrected chi connectivity index (χ0v) is 15.8. The number of anilines is 1. The number of carbonyl (C=O) groups excluding carboxylic acids is 2. The van der Waals surface area contributed by atoms with Gasteiger partial charge < -0.3 is 19.7 Å². The number of amides is 2. The molecule has 138 valence electrons. The fourth-order valence-electron chi connectivity index (χ4n) is 2.68. The highest BCUT2D eigenvalue weighted by molar-refractivity contribution is 7.15. The van der Waals surface area contributed by atoms with E-state index in [0.717, 1.165) is 17.7 Å². The molecule has 0 atom stereocenters. The number of methoxy groups -OCH3 is 2. The molecule has 0 saturated heterocycles. The number of aryl methyl sites for hydroxylation is 1. The molecule has 7 nitrogen and oxygen atoms in total. The van der Waals surface area contributed by atoms with Gasteiger partial charge >= 0.3 is 0 Å². The number of benzene rings is 1. The molecule has 0 unspecified atom stereocenters. The molecule has 1 aliphatic carbocycles. The molecule has 0 aliphatic heterocycles. The summed E-state index contributed by atoms with van der Waals surface area (Å²) in [5, 5.41) is 3.28. The fourth-order valence-corrected chi connectivity index (χ4v) is 3.37. The van der Waals surface area contributed by atoms with Crippen molar-refractivity contribution in [2.24, 2.45) is 0 Å². The van der Waals surface area contributed by atoms with Crippen molar-refractivity contribution < 1.29 is 19.1 Å². The lowest BCUT2D eigenvalue weighted by molar-refractivity contribution is -0.117. The number of ether oxygens (including phenoxy) is 2. The van der Waals surface area contributed by atoms with Crippen molar-refractivity contribution in [1.29, 1.82) is 0 Å². The molecule has 1 aromatic carbocycles. The molecule has 1 aromatic heterocycles. The fraction of sp³-hybridized carbons (Fsp3) is 0.389. The number of carbonyl (C=O) groups is 2. The monoisotopic (exact) mass is 375 g/mol. The second-order valence-electron chi connectivity index (χ2n) is 6.03. The van der Waals surface area contributed by atoms with E-state index in [-0.39, 0.29) is 24.4 Å². The Morgan fingerprint density at radius 3 is 2.42 bits per heavy atom. The first-order valence-corrected chi connectivity index (χ1v) is 9.09. The van der Waals surface area contributed by atoms with Gasteiger partial charge in [-0.1, -0.05) is 6.07 Å². The Morgan fingerprint density at radius 2 is 1.92 bits per heavy atom. The van der Waals surface area contributed by atoms with Crippen LogP contribution in [0.25, 0.3) is 0 Å². The van der Waals surface area contributed by atoms with Crippen molar-refractivity contribution in [3.8, 4) is 11.5 Å². The van der Waals surface area contributed by atoms with Gasteiger partial charge in [0.25, 0.3) is 5.91 Å². The van der Waals surface area contributed by atoms with Crippen LogP contribution in [0.2, 0.25) is 0 Å². The van der Waals surface area contributed by atoms with Crippen LogP contribution >= 0.6 is 11.3 Å². The summed E-state index contributed by atoms with van der Waals surface area (Å²) in [7, 11) is 3.01. The average Bonchev–Trinajstić information content (AvgIpc) is 3.40. The summed E-state index contributed by atoms with van der Waals surface area (Å²) in [5.74, 6) is 0.313. The van der Waals surface area contributed by atoms with Gasteiger partial charge in [0.1, 0.15) is 23.6 Å². The standard InChI is InChI=1S/C18H21N3O4S/c1-11-9-19-18(26-11)20-15(22)10-21(12-7-8-12)17(23)16-13(24-2)5-4-6-14(16)25-3/h4-6,9,12H,7-8,10H2,1-3H3,(H,19,20,22). The lowest BCUT2D eigenvalue weighted by Crippen LogP contribution is -2.39. The van der Waals surface area contributed by atoms with Crippen LogP contribution in [0.5, 0.6) is 11.5 Å². The largest absolute Gasteiger partial charge is 0.496 e. The van der Waals surface area contributed by atoms with Gasteiger partial charge in [-0.3, -0.25) is 9.59 Å². The van der Waals surface area contributed by atoms with Crippen molar-refractivity contribution in [2.75, 3.05) is 26.1 Å². The summed E-state index contributed by atoms with van der Waals surface area (Å²) in [6, 6.07) is 5.23. The van der Waals surface area contributed by atoms with Crippen molar-refractivity contribution in [2.45, 2.75) is 25.8 Å². The predicted molar refractivity (Wildman–Crippen MR) is 99.1 cm³/mol. The van der Waals surface area contributed by atoms with Gasteiger partial charge in [0, 0.05) is 17.1 Å². The van der Waals surface area contributed by atoms with Crippen LogP contribution in [0.15, 0.2) is 24.4 Å². The predicted octanol–water partition coefficient (Wildman–Crippen LogP) is 2.71. The van der Waals surface area contributed by atoms with Gasteiger partial charge in [-0.05, 0) is 31.9 Å². The summed E-state index contributed by atoms with van der Waals surface area (Å²) < 4.78 is 10.7. The maximum atomic E-state index is 13.2. The highest BCUT2D eigenvalue weighted by Gasteiger charge is 2.36. The summed E-state index contributed by atoms with van der Waals surface area (Å²) in [6.07, 6.45) is 3.46. The molecule has 0 spiro atoms. The summed E-state index contributed by atoms with van der Waals surface area (Å²) >= 11 is 1.40. The summed E-state index contributed by atoms with van der Waals surface area (Å²) in [6.45, 7) is 1.88. The van der Waals surface area contributed by atoms with Crippen LogP contribution in [-0.4, -0.2) is 48.5 Å². The number of aromatic nitrogens is 1. The molecule has 0 radical (unpaired) electrons. The van der Waals surface area contributed by atoms with Crippen LogP contribution in [-0.2, 0) is 4.79 Å². The Bertz CT molecular complexity index is 794. The Kier molecular flexibility index (Phi) is 5.41. The molecule has 2 aromatic rings. The van der Waals surface area contributed by atoms with E-state index in [2.05, 4.69) is 10.3 Å². The van der Waals surface area contributed by atoms with E-state index < -0.39 is 0 Å². The zero-order valence-electron chi connectivity index (χ0n) is 14.9. The van der Waals surface area contributed by atoms with E-state index in [9.17, 15) is 9.59 Å². The Morgan fingerprint density at radius 1 is 1.27 bits per heavy atom. The minimum atomic E-state index is -0.271. The molecule has 26 heavy (non-hydrogen) atoms. The molecule has 1 N–H and O–H groups in total. The number of thiazole rings is 1. The van der Waals surface area contributed by atoms with Gasteiger partial charge in [-0.25, -0.2) is 4.98 Å². The van der Waals surface area contributed by atoms with Crippen LogP contribution < -0.4 is 14.8 Å². The van der Waals surface area contributed by atoms with Crippen LogP contribution in [0.3, 0.4) is 0 Å². The number of nitrogens with one attached hydrogen (secondary N) is 1.